The van der Waals surface area contributed by atoms with Gasteiger partial charge in [0.15, 0.2) is 0 Å². The zero-order chi connectivity index (χ0) is 12.1. The number of nitrogen functional groups attached to an aromatic ring is 1. The van der Waals surface area contributed by atoms with Gasteiger partial charge in [0.05, 0.1) is 29.1 Å². The second-order valence-electron chi connectivity index (χ2n) is 3.94. The number of nitriles is 1. The fourth-order valence-corrected chi connectivity index (χ4v) is 1.47. The van der Waals surface area contributed by atoms with E-state index in [0.717, 1.165) is 12.2 Å². The summed E-state index contributed by atoms with van der Waals surface area (Å²) >= 11 is 0. The molecule has 1 atom stereocenters. The van der Waals surface area contributed by atoms with Crippen LogP contribution in [0.1, 0.15) is 18.9 Å². The van der Waals surface area contributed by atoms with Crippen LogP contribution in [0, 0.1) is 11.3 Å². The minimum Gasteiger partial charge on any atom is -0.397 e. The van der Waals surface area contributed by atoms with Crippen LogP contribution in [0.15, 0.2) is 18.2 Å². The lowest BCUT2D eigenvalue weighted by molar-refractivity contribution is 0.187. The first-order valence-electron chi connectivity index (χ1n) is 5.23. The summed E-state index contributed by atoms with van der Waals surface area (Å²) < 4.78 is 0. The molecule has 1 unspecified atom stereocenters. The molecule has 0 heterocycles. The molecule has 0 amide bonds. The summed E-state index contributed by atoms with van der Waals surface area (Å²) in [5.74, 6) is 0. The highest BCUT2D eigenvalue weighted by atomic mass is 16.3. The van der Waals surface area contributed by atoms with Crippen LogP contribution in [0.2, 0.25) is 0 Å². The largest absolute Gasteiger partial charge is 0.397 e. The van der Waals surface area contributed by atoms with E-state index >= 15 is 0 Å². The molecule has 0 fully saturated rings. The van der Waals surface area contributed by atoms with E-state index in [0.29, 0.717) is 17.7 Å². The Morgan fingerprint density at radius 1 is 1.56 bits per heavy atom. The first-order valence-corrected chi connectivity index (χ1v) is 5.23. The summed E-state index contributed by atoms with van der Waals surface area (Å²) in [4.78, 5) is 1.98. The van der Waals surface area contributed by atoms with Gasteiger partial charge in [-0.05, 0) is 31.5 Å². The third kappa shape index (κ3) is 3.14. The smallest absolute Gasteiger partial charge is 0.0992 e. The third-order valence-corrected chi connectivity index (χ3v) is 2.45. The molecule has 1 rings (SSSR count). The van der Waals surface area contributed by atoms with Crippen LogP contribution in [-0.4, -0.2) is 24.8 Å². The van der Waals surface area contributed by atoms with Crippen molar-refractivity contribution in [2.75, 3.05) is 24.2 Å². The Morgan fingerprint density at radius 2 is 2.25 bits per heavy atom. The molecule has 4 heteroatoms. The number of hydrogen-bond acceptors (Lipinski definition) is 4. The van der Waals surface area contributed by atoms with Gasteiger partial charge in [-0.2, -0.15) is 5.26 Å². The molecule has 1 aromatic carbocycles. The van der Waals surface area contributed by atoms with Gasteiger partial charge >= 0.3 is 0 Å². The van der Waals surface area contributed by atoms with Crippen molar-refractivity contribution in [3.8, 4) is 6.07 Å². The van der Waals surface area contributed by atoms with Crippen LogP contribution in [0.25, 0.3) is 0 Å². The van der Waals surface area contributed by atoms with Crippen LogP contribution in [0.3, 0.4) is 0 Å². The van der Waals surface area contributed by atoms with Crippen molar-refractivity contribution in [2.24, 2.45) is 0 Å². The second-order valence-corrected chi connectivity index (χ2v) is 3.94. The number of aliphatic hydroxyl groups excluding tert-OH is 1. The molecule has 0 saturated heterocycles. The SMILES string of the molecule is CC(O)CCN(C)c1ccc(C#N)cc1N. The molecule has 86 valence electrons. The Bertz CT molecular complexity index is 396. The summed E-state index contributed by atoms with van der Waals surface area (Å²) in [5.41, 5.74) is 7.89. The minimum atomic E-state index is -0.318. The Hall–Kier alpha value is -1.73. The van der Waals surface area contributed by atoms with Gasteiger partial charge in [-0.15, -0.1) is 0 Å². The van der Waals surface area contributed by atoms with Gasteiger partial charge in [0.25, 0.3) is 0 Å². The van der Waals surface area contributed by atoms with Crippen LogP contribution in [0.5, 0.6) is 0 Å². The number of nitrogens with zero attached hydrogens (tertiary/aromatic N) is 2. The number of hydrogen-bond donors (Lipinski definition) is 2. The molecule has 16 heavy (non-hydrogen) atoms. The van der Waals surface area contributed by atoms with Crippen LogP contribution in [0.4, 0.5) is 11.4 Å². The average molecular weight is 219 g/mol. The first-order chi connectivity index (χ1) is 7.54. The molecule has 0 radical (unpaired) electrons. The third-order valence-electron chi connectivity index (χ3n) is 2.45. The Morgan fingerprint density at radius 3 is 2.75 bits per heavy atom. The molecule has 0 bridgehead atoms. The fraction of sp³-hybridized carbons (Fsp3) is 0.417. The number of benzene rings is 1. The average Bonchev–Trinajstić information content (AvgIpc) is 2.25. The lowest BCUT2D eigenvalue weighted by Crippen LogP contribution is -2.22. The zero-order valence-electron chi connectivity index (χ0n) is 9.64. The zero-order valence-corrected chi connectivity index (χ0v) is 9.64. The highest BCUT2D eigenvalue weighted by Gasteiger charge is 2.07. The van der Waals surface area contributed by atoms with Crippen LogP contribution >= 0.6 is 0 Å². The fourth-order valence-electron chi connectivity index (χ4n) is 1.47. The van der Waals surface area contributed by atoms with Crippen molar-refractivity contribution in [3.05, 3.63) is 23.8 Å². The van der Waals surface area contributed by atoms with Gasteiger partial charge in [0, 0.05) is 13.6 Å². The van der Waals surface area contributed by atoms with E-state index in [9.17, 15) is 5.11 Å². The minimum absolute atomic E-state index is 0.318. The van der Waals surface area contributed by atoms with E-state index in [1.165, 1.54) is 0 Å². The number of nitrogens with two attached hydrogens (primary N) is 1. The Kier molecular flexibility index (Phi) is 4.15. The van der Waals surface area contributed by atoms with Gasteiger partial charge in [0.2, 0.25) is 0 Å². The number of rotatable bonds is 4. The standard InChI is InChI=1S/C12H17N3O/c1-9(16)5-6-15(2)12-4-3-10(8-13)7-11(12)14/h3-4,7,9,16H,5-6,14H2,1-2H3. The molecular formula is C12H17N3O. The maximum atomic E-state index is 9.20. The van der Waals surface area contributed by atoms with Crippen molar-refractivity contribution in [2.45, 2.75) is 19.4 Å². The van der Waals surface area contributed by atoms with Crippen molar-refractivity contribution in [1.82, 2.24) is 0 Å². The molecule has 0 aliphatic carbocycles. The molecule has 4 nitrogen and oxygen atoms in total. The van der Waals surface area contributed by atoms with E-state index in [1.54, 1.807) is 19.1 Å². The number of anilines is 2. The monoisotopic (exact) mass is 219 g/mol. The Labute approximate surface area is 95.9 Å². The molecule has 0 saturated carbocycles. The number of aliphatic hydroxyl groups is 1. The predicted molar refractivity (Wildman–Crippen MR) is 65.1 cm³/mol. The normalized spacial score (nSPS) is 11.9. The van der Waals surface area contributed by atoms with E-state index in [4.69, 9.17) is 11.0 Å². The lowest BCUT2D eigenvalue weighted by atomic mass is 10.1. The van der Waals surface area contributed by atoms with Crippen molar-refractivity contribution in [1.29, 1.82) is 5.26 Å². The Balaban J connectivity index is 2.76. The summed E-state index contributed by atoms with van der Waals surface area (Å²) in [7, 11) is 1.92. The molecule has 0 aliphatic rings. The van der Waals surface area contributed by atoms with Gasteiger partial charge in [-0.3, -0.25) is 0 Å². The van der Waals surface area contributed by atoms with Crippen molar-refractivity contribution < 1.29 is 5.11 Å². The summed E-state index contributed by atoms with van der Waals surface area (Å²) in [5, 5.41) is 17.9. The van der Waals surface area contributed by atoms with Gasteiger partial charge in [-0.25, -0.2) is 0 Å². The molecule has 1 aromatic rings. The molecule has 3 N–H and O–H groups in total. The summed E-state index contributed by atoms with van der Waals surface area (Å²) in [6.45, 7) is 2.49. The van der Waals surface area contributed by atoms with Gasteiger partial charge < -0.3 is 15.7 Å². The summed E-state index contributed by atoms with van der Waals surface area (Å²) in [6.07, 6.45) is 0.373. The second kappa shape index (κ2) is 5.38. The van der Waals surface area contributed by atoms with E-state index in [-0.39, 0.29) is 6.10 Å². The van der Waals surface area contributed by atoms with Crippen LogP contribution < -0.4 is 10.6 Å². The van der Waals surface area contributed by atoms with Crippen LogP contribution in [-0.2, 0) is 0 Å². The van der Waals surface area contributed by atoms with Crippen molar-refractivity contribution >= 4 is 11.4 Å². The maximum absolute atomic E-state index is 9.20. The van der Waals surface area contributed by atoms with E-state index in [2.05, 4.69) is 0 Å². The highest BCUT2D eigenvalue weighted by Crippen LogP contribution is 2.23. The van der Waals surface area contributed by atoms with E-state index < -0.39 is 0 Å². The maximum Gasteiger partial charge on any atom is 0.0992 e. The summed E-state index contributed by atoms with van der Waals surface area (Å²) in [6, 6.07) is 7.28. The highest BCUT2D eigenvalue weighted by molar-refractivity contribution is 5.69. The molecular weight excluding hydrogens is 202 g/mol. The van der Waals surface area contributed by atoms with Gasteiger partial charge in [0.1, 0.15) is 0 Å². The first kappa shape index (κ1) is 12.3. The molecule has 0 aromatic heterocycles. The molecule has 0 aliphatic heterocycles. The van der Waals surface area contributed by atoms with Crippen molar-refractivity contribution in [3.63, 3.8) is 0 Å². The van der Waals surface area contributed by atoms with E-state index in [1.807, 2.05) is 24.1 Å². The lowest BCUT2D eigenvalue weighted by Gasteiger charge is -2.21. The topological polar surface area (TPSA) is 73.3 Å². The molecule has 0 spiro atoms. The quantitative estimate of drug-likeness (QED) is 0.750. The van der Waals surface area contributed by atoms with Gasteiger partial charge in [-0.1, -0.05) is 0 Å². The predicted octanol–water partition coefficient (Wildman–Crippen LogP) is 1.35.